The minimum atomic E-state index is -0.983. The molecule has 5 atom stereocenters. The van der Waals surface area contributed by atoms with Gasteiger partial charge in [0.1, 0.15) is 11.5 Å². The molecule has 3 aliphatic carbocycles. The zero-order valence-corrected chi connectivity index (χ0v) is 15.3. The third kappa shape index (κ3) is 1.93. The maximum Gasteiger partial charge on any atom is 0.320 e. The van der Waals surface area contributed by atoms with E-state index in [1.54, 1.807) is 6.08 Å². The summed E-state index contributed by atoms with van der Waals surface area (Å²) in [4.78, 5) is 26.0. The van der Waals surface area contributed by atoms with E-state index in [0.717, 1.165) is 19.3 Å². The van der Waals surface area contributed by atoms with E-state index < -0.39 is 11.2 Å². The lowest BCUT2D eigenvalue weighted by molar-refractivity contribution is -0.186. The molecule has 0 radical (unpaired) electrons. The van der Waals surface area contributed by atoms with Gasteiger partial charge in [-0.25, -0.2) is 0 Å². The molecule has 2 aliphatic heterocycles. The summed E-state index contributed by atoms with van der Waals surface area (Å²) < 4.78 is 17.7. The summed E-state index contributed by atoms with van der Waals surface area (Å²) in [7, 11) is 0. The van der Waals surface area contributed by atoms with Gasteiger partial charge >= 0.3 is 5.97 Å². The summed E-state index contributed by atoms with van der Waals surface area (Å²) in [6, 6.07) is 0. The first-order valence-corrected chi connectivity index (χ1v) is 9.78. The second kappa shape index (κ2) is 5.29. The number of hydrogen-bond acceptors (Lipinski definition) is 5. The van der Waals surface area contributed by atoms with E-state index in [1.165, 1.54) is 5.57 Å². The lowest BCUT2D eigenvalue weighted by atomic mass is 9.49. The van der Waals surface area contributed by atoms with Crippen LogP contribution in [-0.2, 0) is 23.8 Å². The number of allylic oxidation sites excluding steroid dienone is 2. The van der Waals surface area contributed by atoms with Gasteiger partial charge in [0, 0.05) is 31.1 Å². The largest absolute Gasteiger partial charge is 0.461 e. The van der Waals surface area contributed by atoms with Crippen LogP contribution in [0.25, 0.3) is 0 Å². The number of hydrogen-bond donors (Lipinski definition) is 0. The second-order valence-electron chi connectivity index (χ2n) is 8.89. The molecule has 0 aromatic rings. The molecule has 2 saturated carbocycles. The van der Waals surface area contributed by atoms with E-state index in [-0.39, 0.29) is 35.1 Å². The smallest absolute Gasteiger partial charge is 0.320 e. The van der Waals surface area contributed by atoms with Crippen LogP contribution >= 0.6 is 0 Å². The summed E-state index contributed by atoms with van der Waals surface area (Å²) in [6.07, 6.45) is 7.83. The number of carbonyl (C=O) groups is 2. The van der Waals surface area contributed by atoms with Crippen LogP contribution in [0.3, 0.4) is 0 Å². The van der Waals surface area contributed by atoms with E-state index >= 15 is 0 Å². The number of carbonyl (C=O) groups excluding carboxylic acids is 2. The Balaban J connectivity index is 1.52. The van der Waals surface area contributed by atoms with E-state index in [0.29, 0.717) is 32.5 Å². The average molecular weight is 358 g/mol. The molecule has 2 heterocycles. The fourth-order valence-corrected chi connectivity index (χ4v) is 6.41. The van der Waals surface area contributed by atoms with Gasteiger partial charge in [-0.3, -0.25) is 9.59 Å². The lowest BCUT2D eigenvalue weighted by Crippen LogP contribution is -2.56. The van der Waals surface area contributed by atoms with Gasteiger partial charge in [0.05, 0.1) is 13.2 Å². The molecular weight excluding hydrogens is 332 g/mol. The number of fused-ring (bicyclic) bond motifs is 6. The fraction of sp³-hybridized carbons (Fsp3) is 0.714. The van der Waals surface area contributed by atoms with Gasteiger partial charge in [0.25, 0.3) is 0 Å². The molecule has 2 saturated heterocycles. The standard InChI is InChI=1S/C21H26O5/c1-3-6-20-12-15(26-18(20)23)16-14(17(20)22)5-4-13-11-21(24-9-10-25-21)8-7-19(13,16)2/h3-4,14-16H,1,5-12H2,2H3/t14-,15-,16+,19+,20+/m1/s1. The molecule has 0 amide bonds. The highest BCUT2D eigenvalue weighted by Gasteiger charge is 2.68. The fourth-order valence-electron chi connectivity index (χ4n) is 6.41. The van der Waals surface area contributed by atoms with Crippen LogP contribution in [0.1, 0.15) is 45.4 Å². The van der Waals surface area contributed by atoms with Gasteiger partial charge in [-0.15, -0.1) is 6.58 Å². The maximum atomic E-state index is 13.4. The van der Waals surface area contributed by atoms with Crippen molar-refractivity contribution in [2.45, 2.75) is 57.3 Å². The van der Waals surface area contributed by atoms with Crippen molar-refractivity contribution >= 4 is 11.8 Å². The van der Waals surface area contributed by atoms with Crippen LogP contribution in [0, 0.1) is 22.7 Å². The van der Waals surface area contributed by atoms with E-state index in [9.17, 15) is 9.59 Å². The highest BCUT2D eigenvalue weighted by Crippen LogP contribution is 2.63. The molecule has 0 aromatic heterocycles. The average Bonchev–Trinajstić information content (AvgIpc) is 3.18. The quantitative estimate of drug-likeness (QED) is 0.431. The molecule has 140 valence electrons. The second-order valence-corrected chi connectivity index (χ2v) is 8.89. The van der Waals surface area contributed by atoms with Crippen molar-refractivity contribution in [2.75, 3.05) is 13.2 Å². The number of Topliss-reactive ketones (excluding diaryl/α,β-unsaturated/α-hetero) is 1. The van der Waals surface area contributed by atoms with Crippen LogP contribution in [-0.4, -0.2) is 36.9 Å². The first-order valence-electron chi connectivity index (χ1n) is 9.78. The highest BCUT2D eigenvalue weighted by molar-refractivity contribution is 6.07. The Labute approximate surface area is 153 Å². The zero-order chi connectivity index (χ0) is 18.2. The number of esters is 1. The van der Waals surface area contributed by atoms with Crippen LogP contribution in [0.15, 0.2) is 24.3 Å². The minimum Gasteiger partial charge on any atom is -0.461 e. The normalized spacial score (nSPS) is 45.7. The Morgan fingerprint density at radius 3 is 2.77 bits per heavy atom. The molecule has 2 bridgehead atoms. The first kappa shape index (κ1) is 16.7. The van der Waals surface area contributed by atoms with E-state index in [2.05, 4.69) is 19.6 Å². The molecule has 4 fully saturated rings. The number of ketones is 1. The summed E-state index contributed by atoms with van der Waals surface area (Å²) >= 11 is 0. The number of ether oxygens (including phenoxy) is 3. The van der Waals surface area contributed by atoms with Crippen molar-refractivity contribution in [1.82, 2.24) is 0 Å². The molecular formula is C21H26O5. The molecule has 0 unspecified atom stereocenters. The van der Waals surface area contributed by atoms with Crippen LogP contribution in [0.4, 0.5) is 0 Å². The number of rotatable bonds is 2. The Kier molecular flexibility index (Phi) is 3.40. The maximum absolute atomic E-state index is 13.4. The molecule has 0 N–H and O–H groups in total. The Morgan fingerprint density at radius 1 is 1.27 bits per heavy atom. The topological polar surface area (TPSA) is 61.8 Å². The predicted molar refractivity (Wildman–Crippen MR) is 93.0 cm³/mol. The monoisotopic (exact) mass is 358 g/mol. The van der Waals surface area contributed by atoms with Gasteiger partial charge in [-0.2, -0.15) is 0 Å². The summed E-state index contributed by atoms with van der Waals surface area (Å²) in [5.74, 6) is -0.796. The van der Waals surface area contributed by atoms with Gasteiger partial charge in [0.15, 0.2) is 11.6 Å². The van der Waals surface area contributed by atoms with Crippen molar-refractivity contribution in [3.05, 3.63) is 24.3 Å². The van der Waals surface area contributed by atoms with Crippen molar-refractivity contribution < 1.29 is 23.8 Å². The van der Waals surface area contributed by atoms with Gasteiger partial charge < -0.3 is 14.2 Å². The molecule has 5 heteroatoms. The van der Waals surface area contributed by atoms with Gasteiger partial charge in [-0.05, 0) is 24.7 Å². The Bertz CT molecular complexity index is 718. The molecule has 1 spiro atoms. The lowest BCUT2D eigenvalue weighted by Gasteiger charge is -2.54. The minimum absolute atomic E-state index is 0.0677. The Morgan fingerprint density at radius 2 is 2.04 bits per heavy atom. The van der Waals surface area contributed by atoms with E-state index in [4.69, 9.17) is 14.2 Å². The summed E-state index contributed by atoms with van der Waals surface area (Å²) in [5, 5.41) is 0. The first-order chi connectivity index (χ1) is 12.4. The van der Waals surface area contributed by atoms with Crippen molar-refractivity contribution in [1.29, 1.82) is 0 Å². The SMILES string of the molecule is C=CC[C@@]12C[C@@H](OC1=O)[C@@H]1[C@@H](CC=C3CC4(CC[C@@]31C)OCCO4)C2=O. The molecule has 26 heavy (non-hydrogen) atoms. The van der Waals surface area contributed by atoms with Crippen molar-refractivity contribution in [3.63, 3.8) is 0 Å². The molecule has 5 nitrogen and oxygen atoms in total. The molecule has 5 aliphatic rings. The van der Waals surface area contributed by atoms with E-state index in [1.807, 2.05) is 0 Å². The molecule has 0 aromatic carbocycles. The van der Waals surface area contributed by atoms with Gasteiger partial charge in [0.2, 0.25) is 0 Å². The van der Waals surface area contributed by atoms with Crippen molar-refractivity contribution in [2.24, 2.45) is 22.7 Å². The third-order valence-corrected chi connectivity index (χ3v) is 7.72. The van der Waals surface area contributed by atoms with Crippen molar-refractivity contribution in [3.8, 4) is 0 Å². The third-order valence-electron chi connectivity index (χ3n) is 7.72. The van der Waals surface area contributed by atoms with Gasteiger partial charge in [-0.1, -0.05) is 24.6 Å². The summed E-state index contributed by atoms with van der Waals surface area (Å²) in [6.45, 7) is 7.31. The van der Waals surface area contributed by atoms with Crippen LogP contribution in [0.5, 0.6) is 0 Å². The Hall–Kier alpha value is -1.46. The molecule has 5 rings (SSSR count). The van der Waals surface area contributed by atoms with Crippen LogP contribution in [0.2, 0.25) is 0 Å². The van der Waals surface area contributed by atoms with Crippen LogP contribution < -0.4 is 0 Å². The zero-order valence-electron chi connectivity index (χ0n) is 15.3. The highest BCUT2D eigenvalue weighted by atomic mass is 16.7. The summed E-state index contributed by atoms with van der Waals surface area (Å²) in [5.41, 5.74) is 0.205. The predicted octanol–water partition coefficient (Wildman–Crippen LogP) is 2.94.